The van der Waals surface area contributed by atoms with E-state index in [-0.39, 0.29) is 17.7 Å². The fourth-order valence-corrected chi connectivity index (χ4v) is 3.21. The van der Waals surface area contributed by atoms with E-state index in [0.29, 0.717) is 6.54 Å². The Bertz CT molecular complexity index is 547. The first-order chi connectivity index (χ1) is 11.5. The average Bonchev–Trinajstić information content (AvgIpc) is 2.59. The van der Waals surface area contributed by atoms with Gasteiger partial charge < -0.3 is 10.4 Å². The number of likely N-dealkylation sites (tertiary alicyclic amines) is 1. The molecule has 1 saturated heterocycles. The van der Waals surface area contributed by atoms with Gasteiger partial charge in [0.05, 0.1) is 5.92 Å². The summed E-state index contributed by atoms with van der Waals surface area (Å²) in [5.74, 6) is -1.28. The number of carbonyl (C=O) groups excluding carboxylic acids is 1. The van der Waals surface area contributed by atoms with Gasteiger partial charge in [-0.05, 0) is 30.9 Å². The molecule has 5 nitrogen and oxygen atoms in total. The highest BCUT2D eigenvalue weighted by molar-refractivity contribution is 5.85. The molecule has 0 aromatic heterocycles. The Morgan fingerprint density at radius 2 is 2.04 bits per heavy atom. The summed E-state index contributed by atoms with van der Waals surface area (Å²) in [6.45, 7) is 6.30. The molecule has 1 heterocycles. The van der Waals surface area contributed by atoms with E-state index in [0.717, 1.165) is 32.4 Å². The lowest BCUT2D eigenvalue weighted by Gasteiger charge is -2.33. The van der Waals surface area contributed by atoms with Crippen molar-refractivity contribution in [3.8, 4) is 0 Å². The van der Waals surface area contributed by atoms with E-state index in [2.05, 4.69) is 22.3 Å². The minimum absolute atomic E-state index is 0.0736. The van der Waals surface area contributed by atoms with Crippen molar-refractivity contribution in [2.75, 3.05) is 13.1 Å². The number of carboxylic acids is 1. The molecule has 1 aromatic rings. The second-order valence-corrected chi connectivity index (χ2v) is 6.77. The highest BCUT2D eigenvalue weighted by atomic mass is 16.4. The van der Waals surface area contributed by atoms with Gasteiger partial charge in [0, 0.05) is 13.1 Å². The number of piperidine rings is 1. The smallest absolute Gasteiger partial charge is 0.326 e. The van der Waals surface area contributed by atoms with Gasteiger partial charge in [-0.25, -0.2) is 4.79 Å². The van der Waals surface area contributed by atoms with Crippen molar-refractivity contribution in [1.82, 2.24) is 10.2 Å². The Labute approximate surface area is 144 Å². The summed E-state index contributed by atoms with van der Waals surface area (Å²) in [7, 11) is 0. The number of nitrogens with one attached hydrogen (secondary N) is 1. The van der Waals surface area contributed by atoms with Crippen LogP contribution in [-0.4, -0.2) is 41.0 Å². The molecule has 5 heteroatoms. The summed E-state index contributed by atoms with van der Waals surface area (Å²) >= 11 is 0. The van der Waals surface area contributed by atoms with Crippen molar-refractivity contribution in [2.45, 2.75) is 45.7 Å². The maximum absolute atomic E-state index is 12.5. The van der Waals surface area contributed by atoms with Gasteiger partial charge in [-0.3, -0.25) is 9.69 Å². The van der Waals surface area contributed by atoms with Crippen LogP contribution >= 0.6 is 0 Å². The van der Waals surface area contributed by atoms with E-state index < -0.39 is 12.0 Å². The zero-order valence-electron chi connectivity index (χ0n) is 14.6. The van der Waals surface area contributed by atoms with Gasteiger partial charge in [-0.2, -0.15) is 0 Å². The number of rotatable bonds is 7. The lowest BCUT2D eigenvalue weighted by Crippen LogP contribution is -2.50. The SMILES string of the molecule is CC[C@H](C)[C@H](NC(=O)[C@H]1CCCN(Cc2ccccc2)C1)C(=O)O. The van der Waals surface area contributed by atoms with Crippen LogP contribution in [0.1, 0.15) is 38.7 Å². The molecule has 1 aliphatic heterocycles. The molecule has 0 aliphatic carbocycles. The normalized spacial score (nSPS) is 21.0. The third-order valence-corrected chi connectivity index (χ3v) is 4.90. The molecule has 2 rings (SSSR count). The molecule has 1 amide bonds. The van der Waals surface area contributed by atoms with Gasteiger partial charge >= 0.3 is 5.97 Å². The first-order valence-corrected chi connectivity index (χ1v) is 8.80. The van der Waals surface area contributed by atoms with Crippen LogP contribution in [0, 0.1) is 11.8 Å². The van der Waals surface area contributed by atoms with Gasteiger partial charge in [0.15, 0.2) is 0 Å². The third-order valence-electron chi connectivity index (χ3n) is 4.90. The predicted molar refractivity (Wildman–Crippen MR) is 93.5 cm³/mol. The standard InChI is InChI=1S/C19H28N2O3/c1-3-14(2)17(19(23)24)20-18(22)16-10-7-11-21(13-16)12-15-8-5-4-6-9-15/h4-6,8-9,14,16-17H,3,7,10-13H2,1-2H3,(H,20,22)(H,23,24)/t14-,16-,17-/m0/s1. The first-order valence-electron chi connectivity index (χ1n) is 8.80. The van der Waals surface area contributed by atoms with E-state index in [1.165, 1.54) is 5.56 Å². The van der Waals surface area contributed by atoms with Gasteiger partial charge in [0.1, 0.15) is 6.04 Å². The zero-order chi connectivity index (χ0) is 17.5. The number of hydrogen-bond donors (Lipinski definition) is 2. The Morgan fingerprint density at radius 3 is 2.67 bits per heavy atom. The maximum atomic E-state index is 12.5. The van der Waals surface area contributed by atoms with Crippen molar-refractivity contribution in [3.63, 3.8) is 0 Å². The third kappa shape index (κ3) is 5.06. The lowest BCUT2D eigenvalue weighted by molar-refractivity contribution is -0.144. The summed E-state index contributed by atoms with van der Waals surface area (Å²) in [6, 6.07) is 9.42. The Morgan fingerprint density at radius 1 is 1.33 bits per heavy atom. The predicted octanol–water partition coefficient (Wildman–Crippen LogP) is 2.51. The Hall–Kier alpha value is -1.88. The van der Waals surface area contributed by atoms with E-state index in [9.17, 15) is 14.7 Å². The molecular formula is C19H28N2O3. The summed E-state index contributed by atoms with van der Waals surface area (Å²) in [5.41, 5.74) is 1.24. The van der Waals surface area contributed by atoms with Gasteiger partial charge in [0.25, 0.3) is 0 Å². The number of amides is 1. The molecular weight excluding hydrogens is 304 g/mol. The Balaban J connectivity index is 1.93. The van der Waals surface area contributed by atoms with Crippen molar-refractivity contribution in [1.29, 1.82) is 0 Å². The van der Waals surface area contributed by atoms with Crippen molar-refractivity contribution >= 4 is 11.9 Å². The molecule has 0 unspecified atom stereocenters. The minimum Gasteiger partial charge on any atom is -0.480 e. The quantitative estimate of drug-likeness (QED) is 0.805. The topological polar surface area (TPSA) is 69.6 Å². The summed E-state index contributed by atoms with van der Waals surface area (Å²) < 4.78 is 0. The fourth-order valence-electron chi connectivity index (χ4n) is 3.21. The monoisotopic (exact) mass is 332 g/mol. The molecule has 132 valence electrons. The average molecular weight is 332 g/mol. The Kier molecular flexibility index (Phi) is 6.79. The summed E-state index contributed by atoms with van der Waals surface area (Å²) in [4.78, 5) is 26.2. The van der Waals surface area contributed by atoms with Crippen molar-refractivity contribution in [2.24, 2.45) is 11.8 Å². The van der Waals surface area contributed by atoms with Gasteiger partial charge in [-0.1, -0.05) is 50.6 Å². The van der Waals surface area contributed by atoms with E-state index >= 15 is 0 Å². The van der Waals surface area contributed by atoms with Crippen LogP contribution in [0.15, 0.2) is 30.3 Å². The highest BCUT2D eigenvalue weighted by Crippen LogP contribution is 2.20. The minimum atomic E-state index is -0.949. The molecule has 1 aliphatic rings. The molecule has 0 saturated carbocycles. The number of benzene rings is 1. The van der Waals surface area contributed by atoms with Crippen LogP contribution < -0.4 is 5.32 Å². The molecule has 24 heavy (non-hydrogen) atoms. The number of carboxylic acid groups (broad SMARTS) is 1. The fraction of sp³-hybridized carbons (Fsp3) is 0.579. The number of aliphatic carboxylic acids is 1. The second-order valence-electron chi connectivity index (χ2n) is 6.77. The van der Waals surface area contributed by atoms with Crippen LogP contribution in [0.3, 0.4) is 0 Å². The largest absolute Gasteiger partial charge is 0.480 e. The first kappa shape index (κ1) is 18.5. The van der Waals surface area contributed by atoms with Gasteiger partial charge in [-0.15, -0.1) is 0 Å². The number of nitrogens with zero attached hydrogens (tertiary/aromatic N) is 1. The van der Waals surface area contributed by atoms with Crippen molar-refractivity contribution < 1.29 is 14.7 Å². The molecule has 0 bridgehead atoms. The lowest BCUT2D eigenvalue weighted by atomic mass is 9.94. The van der Waals surface area contributed by atoms with Gasteiger partial charge in [0.2, 0.25) is 5.91 Å². The highest BCUT2D eigenvalue weighted by Gasteiger charge is 2.31. The summed E-state index contributed by atoms with van der Waals surface area (Å²) in [6.07, 6.45) is 2.51. The molecule has 1 fully saturated rings. The van der Waals surface area contributed by atoms with Crippen LogP contribution in [-0.2, 0) is 16.1 Å². The van der Waals surface area contributed by atoms with Crippen LogP contribution in [0.5, 0.6) is 0 Å². The molecule has 0 radical (unpaired) electrons. The molecule has 1 aromatic carbocycles. The van der Waals surface area contributed by atoms with E-state index in [4.69, 9.17) is 0 Å². The molecule has 0 spiro atoms. The van der Waals surface area contributed by atoms with Crippen LogP contribution in [0.25, 0.3) is 0 Å². The molecule has 3 atom stereocenters. The van der Waals surface area contributed by atoms with Crippen LogP contribution in [0.4, 0.5) is 0 Å². The van der Waals surface area contributed by atoms with E-state index in [1.807, 2.05) is 32.0 Å². The van der Waals surface area contributed by atoms with E-state index in [1.54, 1.807) is 0 Å². The number of hydrogen-bond acceptors (Lipinski definition) is 3. The maximum Gasteiger partial charge on any atom is 0.326 e. The van der Waals surface area contributed by atoms with Crippen molar-refractivity contribution in [3.05, 3.63) is 35.9 Å². The summed E-state index contributed by atoms with van der Waals surface area (Å²) in [5, 5.41) is 12.1. The second kappa shape index (κ2) is 8.83. The zero-order valence-corrected chi connectivity index (χ0v) is 14.6. The number of carbonyl (C=O) groups is 2. The molecule has 2 N–H and O–H groups in total. The van der Waals surface area contributed by atoms with Crippen LogP contribution in [0.2, 0.25) is 0 Å².